The molecule has 9 nitrogen and oxygen atoms in total. The van der Waals surface area contributed by atoms with Gasteiger partial charge in [0.1, 0.15) is 6.07 Å². The molecular weight excluding hydrogens is 548 g/mol. The number of methoxy groups -OCH3 is 1. The lowest BCUT2D eigenvalue weighted by Gasteiger charge is -2.26. The Labute approximate surface area is 243 Å². The summed E-state index contributed by atoms with van der Waals surface area (Å²) in [6, 6.07) is 11.7. The number of nitrogens with zero attached hydrogens (tertiary/aromatic N) is 5. The minimum atomic E-state index is 0.409. The highest BCUT2D eigenvalue weighted by atomic mass is 35.5. The number of aromatic nitrogens is 3. The maximum atomic E-state index is 9.84. The number of anilines is 2. The van der Waals surface area contributed by atoms with Crippen LogP contribution in [0.15, 0.2) is 52.8 Å². The van der Waals surface area contributed by atoms with Crippen molar-refractivity contribution < 1.29 is 14.2 Å². The van der Waals surface area contributed by atoms with E-state index in [0.717, 1.165) is 66.1 Å². The van der Waals surface area contributed by atoms with Crippen LogP contribution in [0.2, 0.25) is 5.02 Å². The summed E-state index contributed by atoms with van der Waals surface area (Å²) < 4.78 is 19.2. The molecule has 1 fully saturated rings. The van der Waals surface area contributed by atoms with Gasteiger partial charge in [0.2, 0.25) is 0 Å². The van der Waals surface area contributed by atoms with Crippen molar-refractivity contribution in [2.75, 3.05) is 51.9 Å². The van der Waals surface area contributed by atoms with E-state index in [-0.39, 0.29) is 0 Å². The van der Waals surface area contributed by atoms with Crippen molar-refractivity contribution in [1.82, 2.24) is 19.4 Å². The number of fused-ring (bicyclic) bond motifs is 1. The quantitative estimate of drug-likeness (QED) is 0.234. The highest BCUT2D eigenvalue weighted by molar-refractivity contribution is 7.99. The first-order valence-electron chi connectivity index (χ1n) is 13.0. The molecule has 1 saturated heterocycles. The second-order valence-electron chi connectivity index (χ2n) is 9.45. The molecule has 0 spiro atoms. The van der Waals surface area contributed by atoms with E-state index >= 15 is 0 Å². The molecule has 0 atom stereocenters. The van der Waals surface area contributed by atoms with Crippen LogP contribution in [0.25, 0.3) is 10.9 Å². The highest BCUT2D eigenvalue weighted by Gasteiger charge is 2.16. The summed E-state index contributed by atoms with van der Waals surface area (Å²) in [6.07, 6.45) is 4.29. The normalized spacial score (nSPS) is 13.8. The molecule has 4 aromatic rings. The van der Waals surface area contributed by atoms with Crippen molar-refractivity contribution in [2.24, 2.45) is 7.05 Å². The van der Waals surface area contributed by atoms with Crippen LogP contribution in [0.4, 0.5) is 11.4 Å². The molecule has 5 rings (SSSR count). The highest BCUT2D eigenvalue weighted by Crippen LogP contribution is 2.39. The lowest BCUT2D eigenvalue weighted by atomic mass is 10.1. The average molecular weight is 579 g/mol. The van der Waals surface area contributed by atoms with Crippen LogP contribution in [0, 0.1) is 18.3 Å². The number of ether oxygens (including phenoxy) is 3. The maximum absolute atomic E-state index is 9.84. The Hall–Kier alpha value is -3.49. The van der Waals surface area contributed by atoms with Gasteiger partial charge in [-0.05, 0) is 37.6 Å². The minimum Gasteiger partial charge on any atom is -0.493 e. The molecule has 0 bridgehead atoms. The van der Waals surface area contributed by atoms with E-state index in [1.54, 1.807) is 13.3 Å². The topological polar surface area (TPSA) is 97.5 Å². The Morgan fingerprint density at radius 3 is 2.67 bits per heavy atom. The number of nitrogens with one attached hydrogen (secondary N) is 1. The van der Waals surface area contributed by atoms with Crippen LogP contribution in [0.1, 0.15) is 17.7 Å². The average Bonchev–Trinajstić information content (AvgIpc) is 3.29. The SMILES string of the molecule is COc1cc2c(Nc3ccc(Sc4ncc(C)n4C)c(Cl)c3)c(C#N)cnc2cc1OCCCN1CCOCC1. The van der Waals surface area contributed by atoms with E-state index < -0.39 is 0 Å². The Bertz CT molecular complexity index is 1550. The third-order valence-corrected chi connectivity index (χ3v) is 8.40. The number of benzene rings is 2. The molecule has 0 saturated carbocycles. The number of morpholine rings is 1. The summed E-state index contributed by atoms with van der Waals surface area (Å²) in [5.41, 5.74) is 3.54. The smallest absolute Gasteiger partial charge is 0.172 e. The molecule has 0 unspecified atom stereocenters. The van der Waals surface area contributed by atoms with Gasteiger partial charge in [-0.2, -0.15) is 5.26 Å². The molecule has 11 heteroatoms. The van der Waals surface area contributed by atoms with E-state index in [4.69, 9.17) is 25.8 Å². The predicted octanol–water partition coefficient (Wildman–Crippen LogP) is 5.81. The van der Waals surface area contributed by atoms with Crippen molar-refractivity contribution in [2.45, 2.75) is 23.4 Å². The van der Waals surface area contributed by atoms with E-state index in [1.165, 1.54) is 11.8 Å². The van der Waals surface area contributed by atoms with Crippen molar-refractivity contribution >= 4 is 45.6 Å². The maximum Gasteiger partial charge on any atom is 0.172 e. The molecular formula is C29H31ClN6O3S. The number of pyridine rings is 1. The largest absolute Gasteiger partial charge is 0.493 e. The van der Waals surface area contributed by atoms with Crippen molar-refractivity contribution in [1.29, 1.82) is 5.26 Å². The van der Waals surface area contributed by atoms with E-state index in [9.17, 15) is 5.26 Å². The molecule has 0 aliphatic carbocycles. The lowest BCUT2D eigenvalue weighted by molar-refractivity contribution is 0.0357. The fourth-order valence-corrected chi connectivity index (χ4v) is 5.63. The Morgan fingerprint density at radius 2 is 1.98 bits per heavy atom. The summed E-state index contributed by atoms with van der Waals surface area (Å²) in [6.45, 7) is 7.00. The van der Waals surface area contributed by atoms with Crippen LogP contribution < -0.4 is 14.8 Å². The van der Waals surface area contributed by atoms with Crippen LogP contribution in [0.5, 0.6) is 11.5 Å². The van der Waals surface area contributed by atoms with Crippen LogP contribution in [0.3, 0.4) is 0 Å². The summed E-state index contributed by atoms with van der Waals surface area (Å²) in [5.74, 6) is 1.20. The Balaban J connectivity index is 1.35. The second-order valence-corrected chi connectivity index (χ2v) is 10.9. The first-order valence-corrected chi connectivity index (χ1v) is 14.2. The van der Waals surface area contributed by atoms with Gasteiger partial charge < -0.3 is 24.1 Å². The third-order valence-electron chi connectivity index (χ3n) is 6.83. The van der Waals surface area contributed by atoms with Gasteiger partial charge in [-0.1, -0.05) is 23.4 Å². The molecule has 1 aliphatic heterocycles. The summed E-state index contributed by atoms with van der Waals surface area (Å²) in [7, 11) is 3.58. The zero-order chi connectivity index (χ0) is 28.1. The number of rotatable bonds is 10. The van der Waals surface area contributed by atoms with Gasteiger partial charge in [0.15, 0.2) is 16.7 Å². The molecule has 0 amide bonds. The van der Waals surface area contributed by atoms with Gasteiger partial charge in [-0.3, -0.25) is 9.88 Å². The molecule has 3 heterocycles. The number of halogens is 1. The van der Waals surface area contributed by atoms with Gasteiger partial charge >= 0.3 is 0 Å². The summed E-state index contributed by atoms with van der Waals surface area (Å²) in [4.78, 5) is 12.2. The van der Waals surface area contributed by atoms with Crippen molar-refractivity contribution in [3.63, 3.8) is 0 Å². The zero-order valence-electron chi connectivity index (χ0n) is 22.7. The van der Waals surface area contributed by atoms with Gasteiger partial charge in [-0.25, -0.2) is 4.98 Å². The number of nitriles is 1. The Kier molecular flexibility index (Phi) is 8.97. The Morgan fingerprint density at radius 1 is 1.15 bits per heavy atom. The number of hydrogen-bond acceptors (Lipinski definition) is 9. The first-order chi connectivity index (χ1) is 19.5. The number of imidazole rings is 1. The predicted molar refractivity (Wildman–Crippen MR) is 157 cm³/mol. The molecule has 1 N–H and O–H groups in total. The van der Waals surface area contributed by atoms with E-state index in [1.807, 2.05) is 55.1 Å². The van der Waals surface area contributed by atoms with Crippen LogP contribution >= 0.6 is 23.4 Å². The fraction of sp³-hybridized carbons (Fsp3) is 0.345. The molecule has 1 aliphatic rings. The van der Waals surface area contributed by atoms with Gasteiger partial charge in [0, 0.05) is 66.8 Å². The van der Waals surface area contributed by atoms with Gasteiger partial charge in [0.05, 0.1) is 48.7 Å². The van der Waals surface area contributed by atoms with Crippen LogP contribution in [-0.2, 0) is 11.8 Å². The first kappa shape index (κ1) is 28.1. The summed E-state index contributed by atoms with van der Waals surface area (Å²) in [5, 5.41) is 15.4. The number of aryl methyl sites for hydroxylation is 1. The third kappa shape index (κ3) is 6.29. The minimum absolute atomic E-state index is 0.409. The van der Waals surface area contributed by atoms with Crippen molar-refractivity contribution in [3.05, 3.63) is 59.0 Å². The van der Waals surface area contributed by atoms with Gasteiger partial charge in [0.25, 0.3) is 0 Å². The number of hydrogen-bond donors (Lipinski definition) is 1. The molecule has 2 aromatic carbocycles. The molecule has 0 radical (unpaired) electrons. The van der Waals surface area contributed by atoms with E-state index in [2.05, 4.69) is 26.3 Å². The molecule has 40 heavy (non-hydrogen) atoms. The van der Waals surface area contributed by atoms with Gasteiger partial charge in [-0.15, -0.1) is 0 Å². The standard InChI is InChI=1S/C29H31ClN6O3S/c1-19-17-33-29(35(19)2)40-27-6-5-21(13-23(27)30)34-28-20(16-31)18-32-24-15-26(25(37-3)14-22(24)28)39-10-4-7-36-8-11-38-12-9-36/h5-6,13-15,17-18H,4,7-12H2,1-3H3,(H,32,34). The zero-order valence-corrected chi connectivity index (χ0v) is 24.3. The monoisotopic (exact) mass is 578 g/mol. The van der Waals surface area contributed by atoms with Crippen LogP contribution in [-0.4, -0.2) is 66.0 Å². The second kappa shape index (κ2) is 12.8. The lowest BCUT2D eigenvalue weighted by Crippen LogP contribution is -2.37. The van der Waals surface area contributed by atoms with Crippen molar-refractivity contribution in [3.8, 4) is 17.6 Å². The fourth-order valence-electron chi connectivity index (χ4n) is 4.46. The summed E-state index contributed by atoms with van der Waals surface area (Å²) >= 11 is 8.15. The van der Waals surface area contributed by atoms with E-state index in [0.29, 0.717) is 39.9 Å². The molecule has 208 valence electrons. The molecule has 2 aromatic heterocycles.